The first-order chi connectivity index (χ1) is 5.36. The molecule has 60 valence electrons. The number of thiazole rings is 1. The van der Waals surface area contributed by atoms with E-state index in [0.29, 0.717) is 5.13 Å². The van der Waals surface area contributed by atoms with Crippen LogP contribution in [0.4, 0.5) is 5.13 Å². The molecule has 1 aromatic heterocycles. The molecule has 11 heavy (non-hydrogen) atoms. The maximum absolute atomic E-state index is 5.50. The zero-order valence-electron chi connectivity index (χ0n) is 6.12. The van der Waals surface area contributed by atoms with Gasteiger partial charge in [0.25, 0.3) is 0 Å². The Morgan fingerprint density at radius 1 is 1.73 bits per heavy atom. The number of hydrogen-bond acceptors (Lipinski definition) is 4. The summed E-state index contributed by atoms with van der Waals surface area (Å²) in [6, 6.07) is 0. The van der Waals surface area contributed by atoms with Crippen molar-refractivity contribution in [2.45, 2.75) is 18.9 Å². The highest BCUT2D eigenvalue weighted by atomic mass is 32.1. The Morgan fingerprint density at radius 2 is 2.64 bits per heavy atom. The van der Waals surface area contributed by atoms with E-state index in [0.717, 1.165) is 25.1 Å². The van der Waals surface area contributed by atoms with Crippen LogP contribution in [0.15, 0.2) is 5.38 Å². The van der Waals surface area contributed by atoms with Gasteiger partial charge in [-0.25, -0.2) is 4.98 Å². The van der Waals surface area contributed by atoms with Gasteiger partial charge in [0.2, 0.25) is 0 Å². The van der Waals surface area contributed by atoms with Gasteiger partial charge in [-0.05, 0) is 12.8 Å². The zero-order chi connectivity index (χ0) is 7.68. The molecule has 4 heteroatoms. The van der Waals surface area contributed by atoms with Crippen molar-refractivity contribution in [3.05, 3.63) is 11.1 Å². The van der Waals surface area contributed by atoms with Crippen LogP contribution < -0.4 is 5.73 Å². The molecule has 0 saturated carbocycles. The molecule has 0 bridgehead atoms. The summed E-state index contributed by atoms with van der Waals surface area (Å²) in [4.78, 5) is 4.16. The lowest BCUT2D eigenvalue weighted by atomic mass is 10.2. The molecule has 1 aliphatic heterocycles. The fourth-order valence-corrected chi connectivity index (χ4v) is 1.86. The van der Waals surface area contributed by atoms with Crippen LogP contribution in [0, 0.1) is 0 Å². The molecular weight excluding hydrogens is 160 g/mol. The van der Waals surface area contributed by atoms with Gasteiger partial charge >= 0.3 is 0 Å². The van der Waals surface area contributed by atoms with Crippen molar-refractivity contribution in [3.8, 4) is 0 Å². The molecule has 3 nitrogen and oxygen atoms in total. The fraction of sp³-hybridized carbons (Fsp3) is 0.571. The maximum Gasteiger partial charge on any atom is 0.180 e. The van der Waals surface area contributed by atoms with Crippen LogP contribution in [0.5, 0.6) is 0 Å². The van der Waals surface area contributed by atoms with Crippen molar-refractivity contribution in [1.29, 1.82) is 0 Å². The minimum atomic E-state index is 0.212. The SMILES string of the molecule is Nc1nc([C@H]2CCCO2)cs1. The second kappa shape index (κ2) is 2.79. The molecule has 1 aliphatic rings. The molecule has 0 unspecified atom stereocenters. The van der Waals surface area contributed by atoms with E-state index in [2.05, 4.69) is 4.98 Å². The number of nitrogens with zero attached hydrogens (tertiary/aromatic N) is 1. The van der Waals surface area contributed by atoms with Crippen LogP contribution in [0.1, 0.15) is 24.6 Å². The number of aromatic nitrogens is 1. The van der Waals surface area contributed by atoms with Crippen molar-refractivity contribution in [1.82, 2.24) is 4.98 Å². The second-order valence-electron chi connectivity index (χ2n) is 2.61. The quantitative estimate of drug-likeness (QED) is 0.696. The van der Waals surface area contributed by atoms with Gasteiger partial charge in [-0.1, -0.05) is 0 Å². The van der Waals surface area contributed by atoms with Crippen molar-refractivity contribution in [3.63, 3.8) is 0 Å². The molecule has 1 atom stereocenters. The highest BCUT2D eigenvalue weighted by Gasteiger charge is 2.19. The van der Waals surface area contributed by atoms with Crippen LogP contribution >= 0.6 is 11.3 Å². The number of anilines is 1. The molecule has 0 aromatic carbocycles. The summed E-state index contributed by atoms with van der Waals surface area (Å²) in [6.45, 7) is 0.863. The highest BCUT2D eigenvalue weighted by Crippen LogP contribution is 2.29. The second-order valence-corrected chi connectivity index (χ2v) is 3.50. The van der Waals surface area contributed by atoms with Crippen LogP contribution in [0.2, 0.25) is 0 Å². The van der Waals surface area contributed by atoms with Crippen LogP contribution in [-0.2, 0) is 4.74 Å². The molecule has 1 saturated heterocycles. The summed E-state index contributed by atoms with van der Waals surface area (Å²) in [7, 11) is 0. The summed E-state index contributed by atoms with van der Waals surface area (Å²) in [5.41, 5.74) is 6.50. The lowest BCUT2D eigenvalue weighted by Gasteiger charge is -2.03. The van der Waals surface area contributed by atoms with Crippen LogP contribution in [-0.4, -0.2) is 11.6 Å². The first kappa shape index (κ1) is 7.06. The van der Waals surface area contributed by atoms with Crippen molar-refractivity contribution >= 4 is 16.5 Å². The third-order valence-corrected chi connectivity index (χ3v) is 2.49. The lowest BCUT2D eigenvalue weighted by Crippen LogP contribution is -1.96. The van der Waals surface area contributed by atoms with Crippen molar-refractivity contribution in [2.24, 2.45) is 0 Å². The topological polar surface area (TPSA) is 48.1 Å². The van der Waals surface area contributed by atoms with E-state index in [9.17, 15) is 0 Å². The molecule has 0 aliphatic carbocycles. The molecule has 0 spiro atoms. The van der Waals surface area contributed by atoms with Crippen LogP contribution in [0.25, 0.3) is 0 Å². The van der Waals surface area contributed by atoms with Crippen LogP contribution in [0.3, 0.4) is 0 Å². The van der Waals surface area contributed by atoms with E-state index in [1.165, 1.54) is 11.3 Å². The highest BCUT2D eigenvalue weighted by molar-refractivity contribution is 7.13. The number of nitrogen functional groups attached to an aromatic ring is 1. The first-order valence-corrected chi connectivity index (χ1v) is 4.57. The zero-order valence-corrected chi connectivity index (χ0v) is 6.93. The van der Waals surface area contributed by atoms with Crippen molar-refractivity contribution in [2.75, 3.05) is 12.3 Å². The molecule has 2 N–H and O–H groups in total. The minimum Gasteiger partial charge on any atom is -0.375 e. The van der Waals surface area contributed by atoms with Gasteiger partial charge in [0, 0.05) is 12.0 Å². The Hall–Kier alpha value is -0.610. The van der Waals surface area contributed by atoms with E-state index in [1.807, 2.05) is 5.38 Å². The summed E-state index contributed by atoms with van der Waals surface area (Å²) in [5, 5.41) is 2.61. The Kier molecular flexibility index (Phi) is 1.79. The molecule has 2 heterocycles. The Balaban J connectivity index is 2.15. The molecule has 1 fully saturated rings. The van der Waals surface area contributed by atoms with Gasteiger partial charge in [-0.3, -0.25) is 0 Å². The van der Waals surface area contributed by atoms with E-state index in [4.69, 9.17) is 10.5 Å². The summed E-state index contributed by atoms with van der Waals surface area (Å²) >= 11 is 1.48. The van der Waals surface area contributed by atoms with E-state index >= 15 is 0 Å². The number of hydrogen-bond donors (Lipinski definition) is 1. The minimum absolute atomic E-state index is 0.212. The number of nitrogens with two attached hydrogens (primary N) is 1. The average Bonchev–Trinajstić information content (AvgIpc) is 2.55. The normalized spacial score (nSPS) is 24.2. The maximum atomic E-state index is 5.50. The van der Waals surface area contributed by atoms with Gasteiger partial charge in [0.05, 0.1) is 5.69 Å². The molecule has 0 amide bonds. The summed E-state index contributed by atoms with van der Waals surface area (Å²) < 4.78 is 5.44. The standard InChI is InChI=1S/C7H10N2OS/c8-7-9-5(4-11-7)6-2-1-3-10-6/h4,6H,1-3H2,(H2,8,9)/t6-/m1/s1. The lowest BCUT2D eigenvalue weighted by molar-refractivity contribution is 0.109. The third-order valence-electron chi connectivity index (χ3n) is 1.80. The van der Waals surface area contributed by atoms with Crippen molar-refractivity contribution < 1.29 is 4.74 Å². The van der Waals surface area contributed by atoms with Gasteiger partial charge in [0.15, 0.2) is 5.13 Å². The average molecular weight is 170 g/mol. The fourth-order valence-electron chi connectivity index (χ4n) is 1.26. The third kappa shape index (κ3) is 1.36. The molecule has 2 rings (SSSR count). The van der Waals surface area contributed by atoms with E-state index < -0.39 is 0 Å². The van der Waals surface area contributed by atoms with E-state index in [-0.39, 0.29) is 6.10 Å². The Morgan fingerprint density at radius 3 is 3.18 bits per heavy atom. The molecule has 1 aromatic rings. The van der Waals surface area contributed by atoms with Gasteiger partial charge < -0.3 is 10.5 Å². The summed E-state index contributed by atoms with van der Waals surface area (Å²) in [6.07, 6.45) is 2.44. The Bertz CT molecular complexity index is 242. The molecular formula is C7H10N2OS. The number of ether oxygens (including phenoxy) is 1. The largest absolute Gasteiger partial charge is 0.375 e. The van der Waals surface area contributed by atoms with E-state index in [1.54, 1.807) is 0 Å². The van der Waals surface area contributed by atoms with Gasteiger partial charge in [0.1, 0.15) is 6.10 Å². The summed E-state index contributed by atoms with van der Waals surface area (Å²) in [5.74, 6) is 0. The van der Waals surface area contributed by atoms with Gasteiger partial charge in [-0.15, -0.1) is 11.3 Å². The first-order valence-electron chi connectivity index (χ1n) is 3.69. The number of rotatable bonds is 1. The smallest absolute Gasteiger partial charge is 0.180 e. The van der Waals surface area contributed by atoms with Gasteiger partial charge in [-0.2, -0.15) is 0 Å². The predicted octanol–water partition coefficient (Wildman–Crippen LogP) is 1.58. The predicted molar refractivity (Wildman–Crippen MR) is 44.5 cm³/mol. The molecule has 0 radical (unpaired) electrons. The monoisotopic (exact) mass is 170 g/mol. The Labute approximate surface area is 69.2 Å².